The first-order valence-corrected chi connectivity index (χ1v) is 11.4. The largest absolute Gasteiger partial charge is 0.493 e. The molecule has 2 aromatic rings. The van der Waals surface area contributed by atoms with E-state index in [2.05, 4.69) is 27.4 Å². The van der Waals surface area contributed by atoms with Crippen molar-refractivity contribution < 1.29 is 9.47 Å². The van der Waals surface area contributed by atoms with Crippen LogP contribution in [0, 0.1) is 27.7 Å². The third-order valence-electron chi connectivity index (χ3n) is 5.63. The molecule has 0 aliphatic carbocycles. The van der Waals surface area contributed by atoms with Crippen molar-refractivity contribution in [2.75, 3.05) is 64.6 Å². The van der Waals surface area contributed by atoms with Gasteiger partial charge in [0, 0.05) is 45.8 Å². The van der Waals surface area contributed by atoms with E-state index < -0.39 is 0 Å². The molecule has 0 atom stereocenters. The van der Waals surface area contributed by atoms with Crippen LogP contribution in [-0.4, -0.2) is 78.9 Å². The van der Waals surface area contributed by atoms with Gasteiger partial charge in [0.05, 0.1) is 42.6 Å². The van der Waals surface area contributed by atoms with E-state index in [1.807, 2.05) is 0 Å². The van der Waals surface area contributed by atoms with Crippen LogP contribution >= 0.6 is 0 Å². The number of imidazole rings is 1. The van der Waals surface area contributed by atoms with Crippen molar-refractivity contribution in [1.82, 2.24) is 19.4 Å². The fourth-order valence-electron chi connectivity index (χ4n) is 3.68. The molecular formula is C23H30N8O3. The molecule has 0 amide bonds. The molecule has 0 radical (unpaired) electrons. The molecule has 2 saturated heterocycles. The van der Waals surface area contributed by atoms with E-state index in [0.717, 1.165) is 57.4 Å². The lowest BCUT2D eigenvalue weighted by molar-refractivity contribution is 0.0358. The second-order valence-electron chi connectivity index (χ2n) is 7.99. The highest BCUT2D eigenvalue weighted by Crippen LogP contribution is 2.23. The van der Waals surface area contributed by atoms with E-state index in [4.69, 9.17) is 14.7 Å². The molecule has 0 bridgehead atoms. The number of rotatable bonds is 8. The van der Waals surface area contributed by atoms with Crippen LogP contribution in [-0.2, 0) is 4.74 Å². The van der Waals surface area contributed by atoms with Crippen LogP contribution in [0.1, 0.15) is 24.8 Å². The summed E-state index contributed by atoms with van der Waals surface area (Å²) in [6, 6.07) is 7.46. The van der Waals surface area contributed by atoms with Gasteiger partial charge in [-0.2, -0.15) is 10.5 Å². The molecule has 1 aromatic heterocycles. The molecule has 0 saturated carbocycles. The van der Waals surface area contributed by atoms with Crippen LogP contribution < -0.4 is 9.75 Å². The van der Waals surface area contributed by atoms with Crippen molar-refractivity contribution >= 4 is 5.82 Å². The quantitative estimate of drug-likeness (QED) is 0.250. The van der Waals surface area contributed by atoms with E-state index in [9.17, 15) is 10.2 Å². The number of hydrogen-bond acceptors (Lipinski definition) is 9. The van der Waals surface area contributed by atoms with Gasteiger partial charge in [0.1, 0.15) is 18.1 Å². The highest BCUT2D eigenvalue weighted by Gasteiger charge is 2.12. The number of nitriles is 2. The summed E-state index contributed by atoms with van der Waals surface area (Å²) < 4.78 is 12.9. The van der Waals surface area contributed by atoms with Gasteiger partial charge in [0.25, 0.3) is 0 Å². The molecule has 0 unspecified atom stereocenters. The number of nitrogens with zero attached hydrogens (tertiary/aromatic N) is 8. The van der Waals surface area contributed by atoms with Gasteiger partial charge < -0.3 is 18.9 Å². The zero-order chi connectivity index (χ0) is 24.2. The Morgan fingerprint density at radius 3 is 2.62 bits per heavy atom. The summed E-state index contributed by atoms with van der Waals surface area (Å²) in [6.07, 6.45) is 8.59. The first-order valence-electron chi connectivity index (χ1n) is 11.4. The highest BCUT2D eigenvalue weighted by atomic mass is 16.5. The third-order valence-corrected chi connectivity index (χ3v) is 5.63. The molecule has 2 fully saturated rings. The van der Waals surface area contributed by atoms with Crippen LogP contribution in [0.3, 0.4) is 0 Å². The Labute approximate surface area is 199 Å². The van der Waals surface area contributed by atoms with Crippen molar-refractivity contribution in [2.24, 2.45) is 5.29 Å². The SMILES string of the molecule is CN(N=O)c1cn(-c2cc(OCCCN3CCOCC3)ccc2C#N)cn1.N#CN1CCCC1. The standard InChI is InChI=1S/C18H22N6O3.C5H8N2/c1-22(21-25)18-13-24(14-20-18)17-11-16(4-3-15(17)12-19)27-8-2-5-23-6-9-26-10-7-23;6-5-7-3-1-2-4-7/h3-4,11,13-14H,2,5-10H2,1H3;1-4H2. The number of ether oxygens (including phenoxy) is 2. The van der Waals surface area contributed by atoms with Gasteiger partial charge in [-0.15, -0.1) is 4.91 Å². The van der Waals surface area contributed by atoms with Crippen molar-refractivity contribution in [3.8, 4) is 23.7 Å². The Morgan fingerprint density at radius 1 is 1.21 bits per heavy atom. The second kappa shape index (κ2) is 13.1. The van der Waals surface area contributed by atoms with Crippen LogP contribution in [0.2, 0.25) is 0 Å². The van der Waals surface area contributed by atoms with Crippen LogP contribution in [0.25, 0.3) is 5.69 Å². The highest BCUT2D eigenvalue weighted by molar-refractivity contribution is 5.54. The predicted octanol–water partition coefficient (Wildman–Crippen LogP) is 2.53. The molecule has 11 heteroatoms. The molecule has 0 N–H and O–H groups in total. The minimum absolute atomic E-state index is 0.394. The summed E-state index contributed by atoms with van der Waals surface area (Å²) in [7, 11) is 1.51. The summed E-state index contributed by atoms with van der Waals surface area (Å²) >= 11 is 0. The molecule has 11 nitrogen and oxygen atoms in total. The maximum atomic E-state index is 10.6. The van der Waals surface area contributed by atoms with Gasteiger partial charge in [-0.3, -0.25) is 4.90 Å². The Bertz CT molecular complexity index is 1000. The van der Waals surface area contributed by atoms with E-state index in [1.54, 1.807) is 33.9 Å². The first-order chi connectivity index (χ1) is 16.6. The van der Waals surface area contributed by atoms with Gasteiger partial charge >= 0.3 is 0 Å². The van der Waals surface area contributed by atoms with Gasteiger partial charge in [0.15, 0.2) is 12.0 Å². The Balaban J connectivity index is 0.000000396. The average molecular weight is 467 g/mol. The van der Waals surface area contributed by atoms with Gasteiger partial charge in [-0.05, 0) is 31.4 Å². The van der Waals surface area contributed by atoms with Crippen LogP contribution in [0.5, 0.6) is 5.75 Å². The molecule has 4 rings (SSSR count). The average Bonchev–Trinajstić information content (AvgIpc) is 3.60. The fourth-order valence-corrected chi connectivity index (χ4v) is 3.68. The molecule has 3 heterocycles. The van der Waals surface area contributed by atoms with Gasteiger partial charge in [0.2, 0.25) is 0 Å². The van der Waals surface area contributed by atoms with Crippen molar-refractivity contribution in [3.63, 3.8) is 0 Å². The summed E-state index contributed by atoms with van der Waals surface area (Å²) in [5, 5.41) is 21.6. The number of benzene rings is 1. The monoisotopic (exact) mass is 466 g/mol. The number of aromatic nitrogens is 2. The fraction of sp³-hybridized carbons (Fsp3) is 0.522. The number of anilines is 1. The number of likely N-dealkylation sites (tertiary alicyclic amines) is 1. The third kappa shape index (κ3) is 7.17. The Morgan fingerprint density at radius 2 is 1.97 bits per heavy atom. The molecule has 2 aliphatic rings. The lowest BCUT2D eigenvalue weighted by Gasteiger charge is -2.26. The zero-order valence-electron chi connectivity index (χ0n) is 19.5. The second-order valence-corrected chi connectivity index (χ2v) is 7.99. The Kier molecular flexibility index (Phi) is 9.65. The molecular weight excluding hydrogens is 436 g/mol. The zero-order valence-corrected chi connectivity index (χ0v) is 19.5. The predicted molar refractivity (Wildman–Crippen MR) is 126 cm³/mol. The topological polar surface area (TPSA) is 123 Å². The minimum Gasteiger partial charge on any atom is -0.493 e. The van der Waals surface area contributed by atoms with E-state index >= 15 is 0 Å². The van der Waals surface area contributed by atoms with Crippen molar-refractivity contribution in [3.05, 3.63) is 41.2 Å². The van der Waals surface area contributed by atoms with E-state index in [0.29, 0.717) is 29.4 Å². The molecule has 2 aliphatic heterocycles. The smallest absolute Gasteiger partial charge is 0.179 e. The van der Waals surface area contributed by atoms with Crippen molar-refractivity contribution in [1.29, 1.82) is 10.5 Å². The lowest BCUT2D eigenvalue weighted by atomic mass is 10.2. The molecule has 0 spiro atoms. The normalized spacial score (nSPS) is 15.6. The number of morpholine rings is 1. The molecule has 180 valence electrons. The van der Waals surface area contributed by atoms with Gasteiger partial charge in [-0.25, -0.2) is 9.99 Å². The summed E-state index contributed by atoms with van der Waals surface area (Å²) in [6.45, 7) is 7.05. The van der Waals surface area contributed by atoms with Crippen LogP contribution in [0.15, 0.2) is 36.0 Å². The Hall–Kier alpha value is -3.67. The molecule has 1 aromatic carbocycles. The van der Waals surface area contributed by atoms with E-state index in [1.165, 1.54) is 26.2 Å². The summed E-state index contributed by atoms with van der Waals surface area (Å²) in [5.74, 6) is 1.08. The minimum atomic E-state index is 0.394. The maximum Gasteiger partial charge on any atom is 0.179 e. The van der Waals surface area contributed by atoms with E-state index in [-0.39, 0.29) is 0 Å². The summed E-state index contributed by atoms with van der Waals surface area (Å²) in [4.78, 5) is 18.9. The number of hydrogen-bond donors (Lipinski definition) is 0. The summed E-state index contributed by atoms with van der Waals surface area (Å²) in [5.41, 5.74) is 1.13. The maximum absolute atomic E-state index is 10.6. The lowest BCUT2D eigenvalue weighted by Crippen LogP contribution is -2.37. The van der Waals surface area contributed by atoms with Crippen LogP contribution in [0.4, 0.5) is 5.82 Å². The first kappa shape index (κ1) is 25.0. The van der Waals surface area contributed by atoms with Crippen molar-refractivity contribution in [2.45, 2.75) is 19.3 Å². The molecule has 34 heavy (non-hydrogen) atoms. The van der Waals surface area contributed by atoms with Gasteiger partial charge in [-0.1, -0.05) is 0 Å². The number of nitroso groups, excluding NO2 is 1.